The highest BCUT2D eigenvalue weighted by Gasteiger charge is 2.17. The molecule has 1 unspecified atom stereocenters. The quantitative estimate of drug-likeness (QED) is 0.751. The molecular formula is C10H17N3. The lowest BCUT2D eigenvalue weighted by molar-refractivity contribution is 0.530. The number of hydrogen-bond acceptors (Lipinski definition) is 2. The van der Waals surface area contributed by atoms with Crippen molar-refractivity contribution >= 4 is 0 Å². The summed E-state index contributed by atoms with van der Waals surface area (Å²) in [5.41, 5.74) is 1.34. The SMILES string of the molecule is CC(C)n1cc(C2CCCN2)cn1. The van der Waals surface area contributed by atoms with Crippen LogP contribution in [0.15, 0.2) is 12.4 Å². The summed E-state index contributed by atoms with van der Waals surface area (Å²) in [5, 5.41) is 7.81. The molecule has 3 heteroatoms. The van der Waals surface area contributed by atoms with Crippen LogP contribution >= 0.6 is 0 Å². The molecule has 1 aliphatic heterocycles. The molecule has 2 heterocycles. The Labute approximate surface area is 79.1 Å². The molecule has 0 spiro atoms. The van der Waals surface area contributed by atoms with E-state index in [9.17, 15) is 0 Å². The van der Waals surface area contributed by atoms with E-state index >= 15 is 0 Å². The van der Waals surface area contributed by atoms with Crippen LogP contribution in [0.1, 0.15) is 44.3 Å². The van der Waals surface area contributed by atoms with Gasteiger partial charge >= 0.3 is 0 Å². The number of nitrogens with zero attached hydrogens (tertiary/aromatic N) is 2. The number of hydrogen-bond donors (Lipinski definition) is 1. The van der Waals surface area contributed by atoms with Gasteiger partial charge in [-0.25, -0.2) is 0 Å². The molecule has 1 aliphatic rings. The van der Waals surface area contributed by atoms with Gasteiger partial charge in [0.1, 0.15) is 0 Å². The highest BCUT2D eigenvalue weighted by molar-refractivity contribution is 5.11. The lowest BCUT2D eigenvalue weighted by Gasteiger charge is -2.07. The first-order valence-electron chi connectivity index (χ1n) is 5.05. The molecule has 1 aromatic rings. The monoisotopic (exact) mass is 179 g/mol. The molecule has 72 valence electrons. The van der Waals surface area contributed by atoms with Crippen LogP contribution in [0, 0.1) is 0 Å². The Kier molecular flexibility index (Phi) is 2.36. The van der Waals surface area contributed by atoms with Gasteiger partial charge in [-0.2, -0.15) is 5.10 Å². The third-order valence-electron chi connectivity index (χ3n) is 2.61. The molecule has 3 nitrogen and oxygen atoms in total. The molecule has 1 N–H and O–H groups in total. The Morgan fingerprint density at radius 3 is 3.00 bits per heavy atom. The lowest BCUT2D eigenvalue weighted by atomic mass is 10.1. The minimum atomic E-state index is 0.468. The van der Waals surface area contributed by atoms with E-state index in [0.717, 1.165) is 6.54 Å². The Bertz CT molecular complexity index is 271. The van der Waals surface area contributed by atoms with Gasteiger partial charge in [0.15, 0.2) is 0 Å². The number of rotatable bonds is 2. The molecule has 13 heavy (non-hydrogen) atoms. The van der Waals surface area contributed by atoms with Crippen LogP contribution in [0.2, 0.25) is 0 Å². The van der Waals surface area contributed by atoms with Gasteiger partial charge < -0.3 is 5.32 Å². The zero-order valence-electron chi connectivity index (χ0n) is 8.33. The fourth-order valence-electron chi connectivity index (χ4n) is 1.78. The summed E-state index contributed by atoms with van der Waals surface area (Å²) >= 11 is 0. The Morgan fingerprint density at radius 2 is 2.46 bits per heavy atom. The molecule has 0 amide bonds. The van der Waals surface area contributed by atoms with E-state index in [1.807, 2.05) is 10.9 Å². The maximum Gasteiger partial charge on any atom is 0.0537 e. The summed E-state index contributed by atoms with van der Waals surface area (Å²) in [5.74, 6) is 0. The van der Waals surface area contributed by atoms with Crippen LogP contribution < -0.4 is 5.32 Å². The van der Waals surface area contributed by atoms with Crippen molar-refractivity contribution in [1.29, 1.82) is 0 Å². The van der Waals surface area contributed by atoms with Gasteiger partial charge in [0, 0.05) is 23.8 Å². The molecule has 1 fully saturated rings. The summed E-state index contributed by atoms with van der Waals surface area (Å²) in [4.78, 5) is 0. The Hall–Kier alpha value is -0.830. The fourth-order valence-corrected chi connectivity index (χ4v) is 1.78. The van der Waals surface area contributed by atoms with Crippen LogP contribution in [0.4, 0.5) is 0 Å². The second-order valence-electron chi connectivity index (χ2n) is 4.00. The van der Waals surface area contributed by atoms with Crippen molar-refractivity contribution in [2.24, 2.45) is 0 Å². The topological polar surface area (TPSA) is 29.9 Å². The molecule has 1 saturated heterocycles. The standard InChI is InChI=1S/C10H17N3/c1-8(2)13-7-9(6-12-13)10-4-3-5-11-10/h6-8,10-11H,3-5H2,1-2H3. The molecule has 2 rings (SSSR count). The highest BCUT2D eigenvalue weighted by atomic mass is 15.3. The van der Waals surface area contributed by atoms with Crippen LogP contribution in [-0.4, -0.2) is 16.3 Å². The Morgan fingerprint density at radius 1 is 1.62 bits per heavy atom. The van der Waals surface area contributed by atoms with Crippen LogP contribution in [0.3, 0.4) is 0 Å². The predicted molar refractivity (Wildman–Crippen MR) is 52.6 cm³/mol. The average molecular weight is 179 g/mol. The summed E-state index contributed by atoms with van der Waals surface area (Å²) in [6, 6.07) is 1.02. The molecular weight excluding hydrogens is 162 g/mol. The third kappa shape index (κ3) is 1.75. The van der Waals surface area contributed by atoms with Crippen molar-refractivity contribution in [2.75, 3.05) is 6.54 Å². The second-order valence-corrected chi connectivity index (χ2v) is 4.00. The van der Waals surface area contributed by atoms with Gasteiger partial charge in [-0.15, -0.1) is 0 Å². The van der Waals surface area contributed by atoms with Crippen LogP contribution in [0.25, 0.3) is 0 Å². The Balaban J connectivity index is 2.12. The van der Waals surface area contributed by atoms with Crippen molar-refractivity contribution in [1.82, 2.24) is 15.1 Å². The van der Waals surface area contributed by atoms with Gasteiger partial charge in [-0.3, -0.25) is 4.68 Å². The molecule has 0 saturated carbocycles. The zero-order valence-corrected chi connectivity index (χ0v) is 8.33. The first kappa shape index (κ1) is 8.75. The molecule has 0 bridgehead atoms. The van der Waals surface area contributed by atoms with E-state index in [2.05, 4.69) is 30.5 Å². The van der Waals surface area contributed by atoms with Crippen molar-refractivity contribution in [3.05, 3.63) is 18.0 Å². The highest BCUT2D eigenvalue weighted by Crippen LogP contribution is 2.22. The van der Waals surface area contributed by atoms with Crippen LogP contribution in [0.5, 0.6) is 0 Å². The van der Waals surface area contributed by atoms with E-state index in [4.69, 9.17) is 0 Å². The predicted octanol–water partition coefficient (Wildman–Crippen LogP) is 1.89. The van der Waals surface area contributed by atoms with Gasteiger partial charge in [0.25, 0.3) is 0 Å². The fraction of sp³-hybridized carbons (Fsp3) is 0.700. The van der Waals surface area contributed by atoms with Gasteiger partial charge in [-0.05, 0) is 33.2 Å². The first-order valence-corrected chi connectivity index (χ1v) is 5.05. The second kappa shape index (κ2) is 3.50. The van der Waals surface area contributed by atoms with Gasteiger partial charge in [-0.1, -0.05) is 0 Å². The third-order valence-corrected chi connectivity index (χ3v) is 2.61. The first-order chi connectivity index (χ1) is 6.27. The minimum Gasteiger partial charge on any atom is -0.310 e. The molecule has 0 aliphatic carbocycles. The van der Waals surface area contributed by atoms with E-state index in [1.54, 1.807) is 0 Å². The summed E-state index contributed by atoms with van der Waals surface area (Å²) < 4.78 is 2.02. The molecule has 0 radical (unpaired) electrons. The zero-order chi connectivity index (χ0) is 9.26. The van der Waals surface area contributed by atoms with Crippen molar-refractivity contribution in [3.63, 3.8) is 0 Å². The molecule has 1 atom stereocenters. The number of nitrogens with one attached hydrogen (secondary N) is 1. The molecule has 1 aromatic heterocycles. The summed E-state index contributed by atoms with van der Waals surface area (Å²) in [7, 11) is 0. The van der Waals surface area contributed by atoms with Gasteiger partial charge in [0.2, 0.25) is 0 Å². The normalized spacial score (nSPS) is 22.8. The average Bonchev–Trinajstić information content (AvgIpc) is 2.75. The van der Waals surface area contributed by atoms with Crippen LogP contribution in [-0.2, 0) is 0 Å². The van der Waals surface area contributed by atoms with Gasteiger partial charge in [0.05, 0.1) is 6.20 Å². The number of aromatic nitrogens is 2. The largest absolute Gasteiger partial charge is 0.310 e. The lowest BCUT2D eigenvalue weighted by Crippen LogP contribution is -2.12. The van der Waals surface area contributed by atoms with E-state index < -0.39 is 0 Å². The van der Waals surface area contributed by atoms with Crippen molar-refractivity contribution in [2.45, 2.75) is 38.8 Å². The maximum absolute atomic E-state index is 4.34. The van der Waals surface area contributed by atoms with E-state index in [-0.39, 0.29) is 0 Å². The summed E-state index contributed by atoms with van der Waals surface area (Å²) in [6.45, 7) is 5.45. The molecule has 0 aromatic carbocycles. The smallest absolute Gasteiger partial charge is 0.0537 e. The van der Waals surface area contributed by atoms with Crippen molar-refractivity contribution in [3.8, 4) is 0 Å². The minimum absolute atomic E-state index is 0.468. The maximum atomic E-state index is 4.34. The van der Waals surface area contributed by atoms with Crippen molar-refractivity contribution < 1.29 is 0 Å². The summed E-state index contributed by atoms with van der Waals surface area (Å²) in [6.07, 6.45) is 6.69. The van der Waals surface area contributed by atoms with E-state index in [0.29, 0.717) is 12.1 Å². The van der Waals surface area contributed by atoms with E-state index in [1.165, 1.54) is 18.4 Å².